The normalized spacial score (nSPS) is 10.7. The van der Waals surface area contributed by atoms with Crippen LogP contribution in [-0.2, 0) is 11.3 Å². The number of rotatable bonds is 5. The van der Waals surface area contributed by atoms with E-state index in [0.717, 1.165) is 5.56 Å². The van der Waals surface area contributed by atoms with E-state index in [-0.39, 0.29) is 11.5 Å². The molecule has 0 aliphatic rings. The molecular formula is C17H13Cl2NO3. The highest BCUT2D eigenvalue weighted by Crippen LogP contribution is 2.21. The van der Waals surface area contributed by atoms with E-state index in [1.54, 1.807) is 36.4 Å². The third-order valence-corrected chi connectivity index (χ3v) is 3.61. The molecule has 0 saturated heterocycles. The first-order chi connectivity index (χ1) is 11.0. The monoisotopic (exact) mass is 349 g/mol. The smallest absolute Gasteiger partial charge is 0.335 e. The second-order valence-corrected chi connectivity index (χ2v) is 5.56. The van der Waals surface area contributed by atoms with Gasteiger partial charge >= 0.3 is 5.97 Å². The summed E-state index contributed by atoms with van der Waals surface area (Å²) in [7, 11) is 0. The largest absolute Gasteiger partial charge is 0.478 e. The second-order valence-electron chi connectivity index (χ2n) is 4.72. The quantitative estimate of drug-likeness (QED) is 0.801. The summed E-state index contributed by atoms with van der Waals surface area (Å²) in [6, 6.07) is 11.3. The van der Waals surface area contributed by atoms with Crippen molar-refractivity contribution < 1.29 is 14.7 Å². The molecule has 0 fully saturated rings. The molecule has 0 atom stereocenters. The molecular weight excluding hydrogens is 337 g/mol. The van der Waals surface area contributed by atoms with E-state index >= 15 is 0 Å². The van der Waals surface area contributed by atoms with Crippen LogP contribution in [0.4, 0.5) is 0 Å². The first-order valence-electron chi connectivity index (χ1n) is 6.69. The summed E-state index contributed by atoms with van der Waals surface area (Å²) in [6.07, 6.45) is 2.97. The van der Waals surface area contributed by atoms with Crippen LogP contribution in [0.25, 0.3) is 6.08 Å². The van der Waals surface area contributed by atoms with Crippen molar-refractivity contribution in [2.45, 2.75) is 6.54 Å². The van der Waals surface area contributed by atoms with Crippen molar-refractivity contribution in [3.63, 3.8) is 0 Å². The highest BCUT2D eigenvalue weighted by molar-refractivity contribution is 6.35. The van der Waals surface area contributed by atoms with Gasteiger partial charge in [0.25, 0.3) is 0 Å². The molecule has 2 rings (SSSR count). The maximum absolute atomic E-state index is 11.8. The lowest BCUT2D eigenvalue weighted by Gasteiger charge is -2.03. The van der Waals surface area contributed by atoms with Crippen LogP contribution in [0.1, 0.15) is 21.5 Å². The van der Waals surface area contributed by atoms with Crippen LogP contribution in [-0.4, -0.2) is 17.0 Å². The Hall–Kier alpha value is -2.30. The summed E-state index contributed by atoms with van der Waals surface area (Å²) in [6.45, 7) is 0.303. The Morgan fingerprint density at radius 2 is 1.78 bits per heavy atom. The molecule has 0 radical (unpaired) electrons. The zero-order valence-corrected chi connectivity index (χ0v) is 13.4. The standard InChI is InChI=1S/C17H13Cl2NO3/c18-14-7-5-12(15(19)9-14)6-8-16(21)20-10-11-1-3-13(4-2-11)17(22)23/h1-9H,10H2,(H,20,21)(H,22,23)/b8-6+. The number of carbonyl (C=O) groups excluding carboxylic acids is 1. The van der Waals surface area contributed by atoms with Gasteiger partial charge in [0.1, 0.15) is 0 Å². The molecule has 0 bridgehead atoms. The molecule has 2 N–H and O–H groups in total. The number of amides is 1. The van der Waals surface area contributed by atoms with Gasteiger partial charge < -0.3 is 10.4 Å². The summed E-state index contributed by atoms with van der Waals surface area (Å²) >= 11 is 11.8. The van der Waals surface area contributed by atoms with Crippen LogP contribution in [0, 0.1) is 0 Å². The van der Waals surface area contributed by atoms with Gasteiger partial charge in [-0.25, -0.2) is 4.79 Å². The van der Waals surface area contributed by atoms with E-state index in [0.29, 0.717) is 22.2 Å². The number of aromatic carboxylic acids is 1. The van der Waals surface area contributed by atoms with E-state index in [4.69, 9.17) is 28.3 Å². The molecule has 4 nitrogen and oxygen atoms in total. The van der Waals surface area contributed by atoms with Crippen LogP contribution in [0.15, 0.2) is 48.5 Å². The number of carboxylic acids is 1. The SMILES string of the molecule is O=C(/C=C/c1ccc(Cl)cc1Cl)NCc1ccc(C(=O)O)cc1. The van der Waals surface area contributed by atoms with Gasteiger partial charge in [-0.15, -0.1) is 0 Å². The Bertz CT molecular complexity index is 755. The average molecular weight is 350 g/mol. The molecule has 0 heterocycles. The summed E-state index contributed by atoms with van der Waals surface area (Å²) in [5, 5.41) is 12.5. The Balaban J connectivity index is 1.92. The van der Waals surface area contributed by atoms with E-state index in [9.17, 15) is 9.59 Å². The van der Waals surface area contributed by atoms with Crippen molar-refractivity contribution in [3.05, 3.63) is 75.3 Å². The van der Waals surface area contributed by atoms with Crippen molar-refractivity contribution in [2.24, 2.45) is 0 Å². The predicted octanol–water partition coefficient (Wildman–Crippen LogP) is 4.02. The molecule has 2 aromatic carbocycles. The zero-order chi connectivity index (χ0) is 16.8. The van der Waals surface area contributed by atoms with Crippen molar-refractivity contribution in [2.75, 3.05) is 0 Å². The van der Waals surface area contributed by atoms with Crippen molar-refractivity contribution in [1.82, 2.24) is 5.32 Å². The summed E-state index contributed by atoms with van der Waals surface area (Å²) in [5.41, 5.74) is 1.70. The summed E-state index contributed by atoms with van der Waals surface area (Å²) < 4.78 is 0. The van der Waals surface area contributed by atoms with Gasteiger partial charge in [0.15, 0.2) is 0 Å². The van der Waals surface area contributed by atoms with Gasteiger partial charge in [-0.05, 0) is 41.5 Å². The summed E-state index contributed by atoms with van der Waals surface area (Å²) in [4.78, 5) is 22.5. The molecule has 0 saturated carbocycles. The fraction of sp³-hybridized carbons (Fsp3) is 0.0588. The van der Waals surface area contributed by atoms with E-state index in [1.807, 2.05) is 0 Å². The number of halogens is 2. The molecule has 0 aromatic heterocycles. The van der Waals surface area contributed by atoms with Gasteiger partial charge in [-0.3, -0.25) is 4.79 Å². The lowest BCUT2D eigenvalue weighted by atomic mass is 10.1. The van der Waals surface area contributed by atoms with Crippen LogP contribution in [0.3, 0.4) is 0 Å². The van der Waals surface area contributed by atoms with Crippen LogP contribution in [0.2, 0.25) is 10.0 Å². The van der Waals surface area contributed by atoms with Gasteiger partial charge in [-0.1, -0.05) is 41.4 Å². The Morgan fingerprint density at radius 3 is 2.39 bits per heavy atom. The first kappa shape index (κ1) is 17.1. The van der Waals surface area contributed by atoms with Crippen molar-refractivity contribution in [3.8, 4) is 0 Å². The molecule has 118 valence electrons. The van der Waals surface area contributed by atoms with Gasteiger partial charge in [-0.2, -0.15) is 0 Å². The van der Waals surface area contributed by atoms with Gasteiger partial charge in [0.05, 0.1) is 5.56 Å². The minimum atomic E-state index is -0.983. The number of hydrogen-bond donors (Lipinski definition) is 2. The molecule has 0 unspecified atom stereocenters. The zero-order valence-electron chi connectivity index (χ0n) is 11.9. The summed E-state index contributed by atoms with van der Waals surface area (Å²) in [5.74, 6) is -1.26. The Kier molecular flexibility index (Phi) is 5.79. The second kappa shape index (κ2) is 7.81. The van der Waals surface area contributed by atoms with Crippen LogP contribution < -0.4 is 5.32 Å². The first-order valence-corrected chi connectivity index (χ1v) is 7.44. The lowest BCUT2D eigenvalue weighted by Crippen LogP contribution is -2.20. The van der Waals surface area contributed by atoms with E-state index in [1.165, 1.54) is 18.2 Å². The lowest BCUT2D eigenvalue weighted by molar-refractivity contribution is -0.116. The van der Waals surface area contributed by atoms with E-state index < -0.39 is 5.97 Å². The predicted molar refractivity (Wildman–Crippen MR) is 90.7 cm³/mol. The number of carbonyl (C=O) groups is 2. The number of carboxylic acid groups (broad SMARTS) is 1. The third-order valence-electron chi connectivity index (χ3n) is 3.04. The fourth-order valence-electron chi connectivity index (χ4n) is 1.82. The van der Waals surface area contributed by atoms with Gasteiger partial charge in [0, 0.05) is 22.7 Å². The number of hydrogen-bond acceptors (Lipinski definition) is 2. The number of benzene rings is 2. The minimum absolute atomic E-state index is 0.206. The van der Waals surface area contributed by atoms with Crippen molar-refractivity contribution in [1.29, 1.82) is 0 Å². The Morgan fingerprint density at radius 1 is 1.09 bits per heavy atom. The molecule has 0 spiro atoms. The van der Waals surface area contributed by atoms with Crippen LogP contribution in [0.5, 0.6) is 0 Å². The molecule has 0 aliphatic carbocycles. The Labute approximate surface area is 143 Å². The highest BCUT2D eigenvalue weighted by Gasteiger charge is 2.03. The van der Waals surface area contributed by atoms with E-state index in [2.05, 4.69) is 5.32 Å². The average Bonchev–Trinajstić information content (AvgIpc) is 2.52. The minimum Gasteiger partial charge on any atom is -0.478 e. The topological polar surface area (TPSA) is 66.4 Å². The maximum atomic E-state index is 11.8. The number of nitrogens with one attached hydrogen (secondary N) is 1. The fourth-order valence-corrected chi connectivity index (χ4v) is 2.29. The molecule has 6 heteroatoms. The van der Waals surface area contributed by atoms with Crippen molar-refractivity contribution >= 4 is 41.2 Å². The van der Waals surface area contributed by atoms with Crippen LogP contribution >= 0.6 is 23.2 Å². The maximum Gasteiger partial charge on any atom is 0.335 e. The molecule has 0 aliphatic heterocycles. The molecule has 1 amide bonds. The van der Waals surface area contributed by atoms with Gasteiger partial charge in [0.2, 0.25) is 5.91 Å². The highest BCUT2D eigenvalue weighted by atomic mass is 35.5. The molecule has 23 heavy (non-hydrogen) atoms. The molecule has 2 aromatic rings. The third kappa shape index (κ3) is 5.13.